The molecule has 0 N–H and O–H groups in total. The van der Waals surface area contributed by atoms with Crippen molar-refractivity contribution >= 4 is 5.69 Å². The molecule has 0 aromatic heterocycles. The number of hydrogen-bond acceptors (Lipinski definition) is 3. The zero-order valence-electron chi connectivity index (χ0n) is 13.5. The van der Waals surface area contributed by atoms with E-state index < -0.39 is 5.82 Å². The molecule has 24 heavy (non-hydrogen) atoms. The molecular weight excluding hydrogens is 308 g/mol. The fourth-order valence-corrected chi connectivity index (χ4v) is 3.25. The number of benzene rings is 2. The number of anilines is 1. The standard InChI is InChI=1S/C19H19F2N3/c1-14(15-5-2-3-6-17(15)20)23-9-11-24(12-10-23)19-8-4-7-18(21)16(19)13-22/h2-8,14H,9-12H2,1H3. The van der Waals surface area contributed by atoms with Crippen molar-refractivity contribution in [1.29, 1.82) is 5.26 Å². The van der Waals surface area contributed by atoms with Crippen LogP contribution in [0.4, 0.5) is 14.5 Å². The Hall–Kier alpha value is -2.45. The molecule has 1 heterocycles. The summed E-state index contributed by atoms with van der Waals surface area (Å²) >= 11 is 0. The highest BCUT2D eigenvalue weighted by atomic mass is 19.1. The average molecular weight is 327 g/mol. The van der Waals surface area contributed by atoms with Gasteiger partial charge in [0.2, 0.25) is 0 Å². The predicted molar refractivity (Wildman–Crippen MR) is 89.7 cm³/mol. The lowest BCUT2D eigenvalue weighted by atomic mass is 10.0. The lowest BCUT2D eigenvalue weighted by Crippen LogP contribution is -2.47. The zero-order chi connectivity index (χ0) is 17.1. The van der Waals surface area contributed by atoms with Gasteiger partial charge in [-0.2, -0.15) is 5.26 Å². The van der Waals surface area contributed by atoms with Crippen molar-refractivity contribution in [2.24, 2.45) is 0 Å². The summed E-state index contributed by atoms with van der Waals surface area (Å²) in [5, 5.41) is 9.18. The van der Waals surface area contributed by atoms with Crippen LogP contribution < -0.4 is 4.90 Å². The van der Waals surface area contributed by atoms with Gasteiger partial charge in [0.1, 0.15) is 23.3 Å². The molecule has 1 unspecified atom stereocenters. The largest absolute Gasteiger partial charge is 0.368 e. The zero-order valence-corrected chi connectivity index (χ0v) is 13.5. The molecule has 1 saturated heterocycles. The fraction of sp³-hybridized carbons (Fsp3) is 0.316. The Bertz CT molecular complexity index is 761. The van der Waals surface area contributed by atoms with Gasteiger partial charge in [-0.25, -0.2) is 8.78 Å². The van der Waals surface area contributed by atoms with Crippen molar-refractivity contribution in [3.63, 3.8) is 0 Å². The molecule has 1 aliphatic rings. The Labute approximate surface area is 140 Å². The lowest BCUT2D eigenvalue weighted by Gasteiger charge is -2.39. The van der Waals surface area contributed by atoms with Gasteiger partial charge in [0.15, 0.2) is 0 Å². The van der Waals surface area contributed by atoms with E-state index in [1.54, 1.807) is 18.2 Å². The van der Waals surface area contributed by atoms with Crippen molar-refractivity contribution in [3.8, 4) is 6.07 Å². The molecule has 1 aliphatic heterocycles. The molecule has 0 bridgehead atoms. The van der Waals surface area contributed by atoms with Crippen LogP contribution in [0.3, 0.4) is 0 Å². The van der Waals surface area contributed by atoms with E-state index in [-0.39, 0.29) is 17.4 Å². The SMILES string of the molecule is CC(c1ccccc1F)N1CCN(c2cccc(F)c2C#N)CC1. The van der Waals surface area contributed by atoms with E-state index in [9.17, 15) is 14.0 Å². The summed E-state index contributed by atoms with van der Waals surface area (Å²) in [5.74, 6) is -0.679. The van der Waals surface area contributed by atoms with Gasteiger partial charge < -0.3 is 4.90 Å². The Morgan fingerprint density at radius 2 is 1.62 bits per heavy atom. The minimum atomic E-state index is -0.489. The molecule has 0 spiro atoms. The van der Waals surface area contributed by atoms with Gasteiger partial charge in [-0.15, -0.1) is 0 Å². The number of nitriles is 1. The third-order valence-electron chi connectivity index (χ3n) is 4.66. The van der Waals surface area contributed by atoms with E-state index >= 15 is 0 Å². The van der Waals surface area contributed by atoms with Crippen LogP contribution in [0.2, 0.25) is 0 Å². The number of nitrogens with zero attached hydrogens (tertiary/aromatic N) is 3. The number of rotatable bonds is 3. The molecule has 0 radical (unpaired) electrons. The molecule has 124 valence electrons. The maximum atomic E-state index is 14.0. The number of hydrogen-bond donors (Lipinski definition) is 0. The summed E-state index contributed by atoms with van der Waals surface area (Å²) < 4.78 is 27.7. The Morgan fingerprint density at radius 3 is 2.29 bits per heavy atom. The third-order valence-corrected chi connectivity index (χ3v) is 4.66. The second-order valence-electron chi connectivity index (χ2n) is 5.97. The van der Waals surface area contributed by atoms with Crippen molar-refractivity contribution in [2.75, 3.05) is 31.1 Å². The average Bonchev–Trinajstić information content (AvgIpc) is 2.61. The van der Waals surface area contributed by atoms with E-state index in [2.05, 4.69) is 4.90 Å². The van der Waals surface area contributed by atoms with E-state index in [1.807, 2.05) is 30.0 Å². The van der Waals surface area contributed by atoms with Gasteiger partial charge in [0, 0.05) is 37.8 Å². The third kappa shape index (κ3) is 3.10. The van der Waals surface area contributed by atoms with Crippen LogP contribution in [0.1, 0.15) is 24.1 Å². The van der Waals surface area contributed by atoms with Crippen molar-refractivity contribution in [2.45, 2.75) is 13.0 Å². The molecule has 0 amide bonds. The second-order valence-corrected chi connectivity index (χ2v) is 5.97. The van der Waals surface area contributed by atoms with Crippen LogP contribution >= 0.6 is 0 Å². The van der Waals surface area contributed by atoms with Gasteiger partial charge in [0.05, 0.1) is 5.69 Å². The highest BCUT2D eigenvalue weighted by molar-refractivity contribution is 5.60. The summed E-state index contributed by atoms with van der Waals surface area (Å²) in [6.07, 6.45) is 0. The van der Waals surface area contributed by atoms with Crippen LogP contribution in [0, 0.1) is 23.0 Å². The molecular formula is C19H19F2N3. The molecule has 3 nitrogen and oxygen atoms in total. The van der Waals surface area contributed by atoms with E-state index in [1.165, 1.54) is 12.1 Å². The fourth-order valence-electron chi connectivity index (χ4n) is 3.25. The first-order chi connectivity index (χ1) is 11.6. The van der Waals surface area contributed by atoms with Gasteiger partial charge >= 0.3 is 0 Å². The Balaban J connectivity index is 1.72. The minimum Gasteiger partial charge on any atom is -0.368 e. The van der Waals surface area contributed by atoms with Crippen molar-refractivity contribution in [1.82, 2.24) is 4.90 Å². The van der Waals surface area contributed by atoms with Crippen molar-refractivity contribution in [3.05, 3.63) is 65.2 Å². The minimum absolute atomic E-state index is 0.0173. The van der Waals surface area contributed by atoms with Gasteiger partial charge in [-0.3, -0.25) is 4.90 Å². The van der Waals surface area contributed by atoms with E-state index in [4.69, 9.17) is 0 Å². The normalized spacial score (nSPS) is 16.7. The van der Waals surface area contributed by atoms with Crippen LogP contribution in [0.25, 0.3) is 0 Å². The molecule has 0 aliphatic carbocycles. The quantitative estimate of drug-likeness (QED) is 0.861. The maximum absolute atomic E-state index is 14.0. The highest BCUT2D eigenvalue weighted by Gasteiger charge is 2.25. The predicted octanol–water partition coefficient (Wildman–Crippen LogP) is 3.72. The van der Waals surface area contributed by atoms with E-state index in [0.29, 0.717) is 24.3 Å². The Morgan fingerprint density at radius 1 is 0.958 bits per heavy atom. The van der Waals surface area contributed by atoms with Crippen molar-refractivity contribution < 1.29 is 8.78 Å². The summed E-state index contributed by atoms with van der Waals surface area (Å²) in [6.45, 7) is 4.82. The lowest BCUT2D eigenvalue weighted by molar-refractivity contribution is 0.195. The smallest absolute Gasteiger partial charge is 0.143 e. The van der Waals surface area contributed by atoms with Crippen LogP contribution in [-0.2, 0) is 0 Å². The van der Waals surface area contributed by atoms with Gasteiger partial charge in [-0.1, -0.05) is 24.3 Å². The van der Waals surface area contributed by atoms with E-state index in [0.717, 1.165) is 13.1 Å². The van der Waals surface area contributed by atoms with Gasteiger partial charge in [0.25, 0.3) is 0 Å². The first-order valence-corrected chi connectivity index (χ1v) is 8.04. The Kier molecular flexibility index (Phi) is 4.77. The summed E-state index contributed by atoms with van der Waals surface area (Å²) in [7, 11) is 0. The summed E-state index contributed by atoms with van der Waals surface area (Å²) in [4.78, 5) is 4.23. The molecule has 3 rings (SSSR count). The summed E-state index contributed by atoms with van der Waals surface area (Å²) in [6, 6.07) is 13.5. The second kappa shape index (κ2) is 6.98. The van der Waals surface area contributed by atoms with Gasteiger partial charge in [-0.05, 0) is 25.1 Å². The van der Waals surface area contributed by atoms with Crippen LogP contribution in [0.5, 0.6) is 0 Å². The number of halogens is 2. The summed E-state index contributed by atoms with van der Waals surface area (Å²) in [5.41, 5.74) is 1.42. The molecule has 2 aromatic carbocycles. The molecule has 2 aromatic rings. The molecule has 0 saturated carbocycles. The van der Waals surface area contributed by atoms with Crippen LogP contribution in [0.15, 0.2) is 42.5 Å². The van der Waals surface area contributed by atoms with Crippen LogP contribution in [-0.4, -0.2) is 31.1 Å². The number of piperazine rings is 1. The highest BCUT2D eigenvalue weighted by Crippen LogP contribution is 2.27. The topological polar surface area (TPSA) is 30.3 Å². The molecule has 5 heteroatoms. The first kappa shape index (κ1) is 16.4. The molecule has 1 atom stereocenters. The first-order valence-electron chi connectivity index (χ1n) is 8.04. The monoisotopic (exact) mass is 327 g/mol. The molecule has 1 fully saturated rings. The maximum Gasteiger partial charge on any atom is 0.143 e.